The van der Waals surface area contributed by atoms with Gasteiger partial charge in [0.2, 0.25) is 0 Å². The molecule has 0 bridgehead atoms. The Balaban J connectivity index is 2.62. The van der Waals surface area contributed by atoms with Gasteiger partial charge in [-0.15, -0.1) is 11.6 Å². The van der Waals surface area contributed by atoms with Gasteiger partial charge in [-0.2, -0.15) is 5.10 Å². The van der Waals surface area contributed by atoms with Gasteiger partial charge < -0.3 is 10.8 Å². The first-order chi connectivity index (χ1) is 9.52. The van der Waals surface area contributed by atoms with Gasteiger partial charge in [-0.3, -0.25) is 0 Å². The highest BCUT2D eigenvalue weighted by Crippen LogP contribution is 2.27. The highest BCUT2D eigenvalue weighted by Gasteiger charge is 2.15. The molecule has 2 rings (SSSR count). The molecular weight excluding hydrogens is 282 g/mol. The Hall–Kier alpha value is -2.41. The molecule has 0 radical (unpaired) electrons. The number of nitrogens with two attached hydrogens (primary N) is 1. The summed E-state index contributed by atoms with van der Waals surface area (Å²) in [6, 6.07) is 3.21. The molecule has 0 unspecified atom stereocenters. The predicted molar refractivity (Wildman–Crippen MR) is 75.1 cm³/mol. The van der Waals surface area contributed by atoms with Crippen LogP contribution in [0.1, 0.15) is 15.9 Å². The zero-order valence-corrected chi connectivity index (χ0v) is 11.4. The van der Waals surface area contributed by atoms with Crippen LogP contribution in [0.5, 0.6) is 0 Å². The van der Waals surface area contributed by atoms with Crippen LogP contribution in [0.2, 0.25) is 0 Å². The van der Waals surface area contributed by atoms with Gasteiger partial charge in [0.25, 0.3) is 0 Å². The van der Waals surface area contributed by atoms with Crippen LogP contribution in [0.25, 0.3) is 5.69 Å². The first kappa shape index (κ1) is 14.0. The maximum absolute atomic E-state index is 11.4. The molecule has 104 valence electrons. The summed E-state index contributed by atoms with van der Waals surface area (Å²) in [5, 5.41) is 13.3. The lowest BCUT2D eigenvalue weighted by molar-refractivity contribution is 0.0697. The number of hydrogen-bond donors (Lipinski definition) is 2. The number of carboxylic acid groups (broad SMARTS) is 1. The molecule has 1 aromatic carbocycles. The van der Waals surface area contributed by atoms with Crippen LogP contribution in [-0.2, 0) is 0 Å². The van der Waals surface area contributed by atoms with E-state index in [-0.39, 0.29) is 17.3 Å². The van der Waals surface area contributed by atoms with E-state index in [2.05, 4.69) is 15.1 Å². The second kappa shape index (κ2) is 5.70. The van der Waals surface area contributed by atoms with Crippen molar-refractivity contribution in [2.75, 3.05) is 5.88 Å². The number of halogens is 1. The van der Waals surface area contributed by atoms with Gasteiger partial charge in [-0.1, -0.05) is 0 Å². The third kappa shape index (κ3) is 2.77. The number of carboxylic acids is 1. The van der Waals surface area contributed by atoms with Crippen molar-refractivity contribution in [1.29, 1.82) is 0 Å². The molecule has 0 saturated carbocycles. The summed E-state index contributed by atoms with van der Waals surface area (Å²) in [6.07, 6.45) is 2.85. The summed E-state index contributed by atoms with van der Waals surface area (Å²) < 4.78 is 1.47. The third-order valence-electron chi connectivity index (χ3n) is 2.59. The molecule has 0 fully saturated rings. The summed E-state index contributed by atoms with van der Waals surface area (Å²) in [5.41, 5.74) is 7.14. The lowest BCUT2D eigenvalue weighted by Gasteiger charge is -2.09. The number of carbonyl (C=O) groups is 1. The van der Waals surface area contributed by atoms with Crippen LogP contribution >= 0.6 is 11.6 Å². The van der Waals surface area contributed by atoms with E-state index in [0.717, 1.165) is 0 Å². The number of amidine groups is 1. The van der Waals surface area contributed by atoms with Gasteiger partial charge in [0, 0.05) is 0 Å². The first-order valence-corrected chi connectivity index (χ1v) is 6.18. The van der Waals surface area contributed by atoms with E-state index < -0.39 is 5.97 Å². The normalized spacial score (nSPS) is 11.6. The molecule has 20 heavy (non-hydrogen) atoms. The van der Waals surface area contributed by atoms with Gasteiger partial charge in [0.1, 0.15) is 18.5 Å². The minimum atomic E-state index is -1.10. The number of aryl methyl sites for hydroxylation is 1. The van der Waals surface area contributed by atoms with Crippen LogP contribution in [0, 0.1) is 6.92 Å². The Kier molecular flexibility index (Phi) is 3.99. The molecule has 0 aliphatic rings. The molecule has 0 aliphatic carbocycles. The number of hydrogen-bond acceptors (Lipinski definition) is 4. The number of aromatic carboxylic acids is 1. The Labute approximate surface area is 119 Å². The lowest BCUT2D eigenvalue weighted by Crippen LogP contribution is -2.13. The zero-order valence-electron chi connectivity index (χ0n) is 10.6. The molecule has 7 nitrogen and oxygen atoms in total. The van der Waals surface area contributed by atoms with E-state index in [1.807, 2.05) is 0 Å². The van der Waals surface area contributed by atoms with Crippen LogP contribution < -0.4 is 5.73 Å². The number of rotatable bonds is 4. The fourth-order valence-corrected chi connectivity index (χ4v) is 1.78. The third-order valence-corrected chi connectivity index (χ3v) is 2.87. The lowest BCUT2D eigenvalue weighted by atomic mass is 10.1. The Morgan fingerprint density at radius 3 is 2.85 bits per heavy atom. The van der Waals surface area contributed by atoms with Gasteiger partial charge in [0.05, 0.1) is 22.8 Å². The molecule has 0 aliphatic heterocycles. The molecule has 1 heterocycles. The highest BCUT2D eigenvalue weighted by atomic mass is 35.5. The van der Waals surface area contributed by atoms with Crippen molar-refractivity contribution >= 4 is 29.1 Å². The second-order valence-corrected chi connectivity index (χ2v) is 4.31. The predicted octanol–water partition coefficient (Wildman–Crippen LogP) is 1.50. The van der Waals surface area contributed by atoms with Crippen molar-refractivity contribution in [3.8, 4) is 5.69 Å². The Morgan fingerprint density at radius 1 is 1.55 bits per heavy atom. The summed E-state index contributed by atoms with van der Waals surface area (Å²) in [7, 11) is 0. The Bertz CT molecular complexity index is 667. The van der Waals surface area contributed by atoms with E-state index in [1.165, 1.54) is 23.4 Å². The van der Waals surface area contributed by atoms with Crippen molar-refractivity contribution in [2.45, 2.75) is 6.92 Å². The van der Waals surface area contributed by atoms with E-state index >= 15 is 0 Å². The number of aromatic nitrogens is 3. The Morgan fingerprint density at radius 2 is 2.30 bits per heavy atom. The van der Waals surface area contributed by atoms with Crippen LogP contribution in [0.4, 0.5) is 5.69 Å². The first-order valence-electron chi connectivity index (χ1n) is 5.65. The molecule has 1 aromatic heterocycles. The van der Waals surface area contributed by atoms with E-state index in [1.54, 1.807) is 13.0 Å². The van der Waals surface area contributed by atoms with Crippen LogP contribution in [0.15, 0.2) is 29.8 Å². The van der Waals surface area contributed by atoms with E-state index in [9.17, 15) is 9.90 Å². The smallest absolute Gasteiger partial charge is 0.337 e. The SMILES string of the molecule is Cc1cc(-n2cncn2)cc(C(=O)O)c1N=C(N)CCl. The van der Waals surface area contributed by atoms with Crippen molar-refractivity contribution in [3.05, 3.63) is 35.9 Å². The minimum Gasteiger partial charge on any atom is -0.478 e. The molecule has 8 heteroatoms. The molecule has 0 atom stereocenters. The minimum absolute atomic E-state index is 0.0311. The van der Waals surface area contributed by atoms with Gasteiger partial charge >= 0.3 is 5.97 Å². The van der Waals surface area contributed by atoms with E-state index in [0.29, 0.717) is 16.9 Å². The number of alkyl halides is 1. The van der Waals surface area contributed by atoms with E-state index in [4.69, 9.17) is 17.3 Å². The number of aliphatic imine (C=N–C) groups is 1. The molecule has 0 saturated heterocycles. The van der Waals surface area contributed by atoms with Gasteiger partial charge in [-0.05, 0) is 24.6 Å². The molecule has 3 N–H and O–H groups in total. The fraction of sp³-hybridized carbons (Fsp3) is 0.167. The van der Waals surface area contributed by atoms with Crippen LogP contribution in [-0.4, -0.2) is 37.6 Å². The molecule has 0 amide bonds. The van der Waals surface area contributed by atoms with Gasteiger partial charge in [-0.25, -0.2) is 19.5 Å². The second-order valence-electron chi connectivity index (χ2n) is 4.04. The molecular formula is C12H12ClN5O2. The summed E-state index contributed by atoms with van der Waals surface area (Å²) >= 11 is 5.57. The van der Waals surface area contributed by atoms with Crippen molar-refractivity contribution in [3.63, 3.8) is 0 Å². The van der Waals surface area contributed by atoms with Crippen molar-refractivity contribution in [2.24, 2.45) is 10.7 Å². The maximum Gasteiger partial charge on any atom is 0.337 e. The fourth-order valence-electron chi connectivity index (χ4n) is 1.72. The van der Waals surface area contributed by atoms with Crippen LogP contribution in [0.3, 0.4) is 0 Å². The van der Waals surface area contributed by atoms with Crippen molar-refractivity contribution in [1.82, 2.24) is 14.8 Å². The average molecular weight is 294 g/mol. The topological polar surface area (TPSA) is 106 Å². The largest absolute Gasteiger partial charge is 0.478 e. The highest BCUT2D eigenvalue weighted by molar-refractivity contribution is 6.28. The zero-order chi connectivity index (χ0) is 14.7. The quantitative estimate of drug-likeness (QED) is 0.505. The van der Waals surface area contributed by atoms with Crippen molar-refractivity contribution < 1.29 is 9.90 Å². The number of nitrogens with zero attached hydrogens (tertiary/aromatic N) is 4. The number of benzene rings is 1. The van der Waals surface area contributed by atoms with Gasteiger partial charge in [0.15, 0.2) is 0 Å². The summed E-state index contributed by atoms with van der Waals surface area (Å²) in [4.78, 5) is 19.3. The monoisotopic (exact) mass is 293 g/mol. The summed E-state index contributed by atoms with van der Waals surface area (Å²) in [6.45, 7) is 1.74. The summed E-state index contributed by atoms with van der Waals surface area (Å²) in [5.74, 6) is -0.912. The average Bonchev–Trinajstić information content (AvgIpc) is 2.94. The maximum atomic E-state index is 11.4. The molecule has 2 aromatic rings. The standard InChI is InChI=1S/C12H12ClN5O2/c1-7-2-8(18-6-15-5-16-18)3-9(12(19)20)11(7)17-10(14)4-13/h2-3,5-6H,4H2,1H3,(H2,14,17)(H,19,20). The molecule has 0 spiro atoms.